The molecule has 0 saturated carbocycles. The average molecular weight is 229 g/mol. The predicted molar refractivity (Wildman–Crippen MR) is 65.3 cm³/mol. The molecule has 0 bridgehead atoms. The summed E-state index contributed by atoms with van der Waals surface area (Å²) >= 11 is 0. The van der Waals surface area contributed by atoms with E-state index in [-0.39, 0.29) is 5.97 Å². The number of carbonyl (C=O) groups excluding carboxylic acids is 1. The van der Waals surface area contributed by atoms with Gasteiger partial charge in [-0.05, 0) is 26.7 Å². The van der Waals surface area contributed by atoms with Crippen LogP contribution in [0.5, 0.6) is 0 Å². The van der Waals surface area contributed by atoms with Crippen LogP contribution in [0.15, 0.2) is 4.99 Å². The lowest BCUT2D eigenvalue weighted by Gasteiger charge is -2.19. The van der Waals surface area contributed by atoms with E-state index in [1.807, 2.05) is 18.7 Å². The van der Waals surface area contributed by atoms with Gasteiger partial charge >= 0.3 is 5.97 Å². The van der Waals surface area contributed by atoms with Crippen LogP contribution in [-0.2, 0) is 9.53 Å². The maximum absolute atomic E-state index is 10.8. The van der Waals surface area contributed by atoms with E-state index in [0.717, 1.165) is 25.9 Å². The SMILES string of the molecule is CCN(CC)C(N)=NCCCCC(=O)OC. The van der Waals surface area contributed by atoms with Gasteiger partial charge in [0.15, 0.2) is 5.96 Å². The minimum absolute atomic E-state index is 0.166. The van der Waals surface area contributed by atoms with E-state index in [2.05, 4.69) is 9.73 Å². The Hall–Kier alpha value is -1.26. The maximum Gasteiger partial charge on any atom is 0.305 e. The summed E-state index contributed by atoms with van der Waals surface area (Å²) < 4.78 is 4.54. The minimum Gasteiger partial charge on any atom is -0.469 e. The number of methoxy groups -OCH3 is 1. The van der Waals surface area contributed by atoms with Crippen LogP contribution in [-0.4, -0.2) is 43.6 Å². The van der Waals surface area contributed by atoms with E-state index in [1.165, 1.54) is 7.11 Å². The topological polar surface area (TPSA) is 67.9 Å². The van der Waals surface area contributed by atoms with Crippen molar-refractivity contribution in [1.29, 1.82) is 0 Å². The van der Waals surface area contributed by atoms with Gasteiger partial charge in [0.05, 0.1) is 7.11 Å². The second-order valence-electron chi connectivity index (χ2n) is 3.45. The number of carbonyl (C=O) groups is 1. The molecule has 5 heteroatoms. The summed E-state index contributed by atoms with van der Waals surface area (Å²) in [5.41, 5.74) is 5.79. The molecule has 0 rings (SSSR count). The molecule has 0 aliphatic rings. The summed E-state index contributed by atoms with van der Waals surface area (Å²) in [4.78, 5) is 17.1. The highest BCUT2D eigenvalue weighted by Crippen LogP contribution is 1.98. The van der Waals surface area contributed by atoms with Gasteiger partial charge in [0.25, 0.3) is 0 Å². The van der Waals surface area contributed by atoms with Gasteiger partial charge in [0.2, 0.25) is 0 Å². The molecule has 94 valence electrons. The fourth-order valence-electron chi connectivity index (χ4n) is 1.32. The van der Waals surface area contributed by atoms with Gasteiger partial charge in [-0.3, -0.25) is 9.79 Å². The second-order valence-corrected chi connectivity index (χ2v) is 3.45. The number of hydrogen-bond donors (Lipinski definition) is 1. The molecule has 0 atom stereocenters. The van der Waals surface area contributed by atoms with E-state index < -0.39 is 0 Å². The molecule has 0 unspecified atom stereocenters. The minimum atomic E-state index is -0.166. The highest BCUT2D eigenvalue weighted by molar-refractivity contribution is 5.77. The molecular formula is C11H23N3O2. The Bertz CT molecular complexity index is 225. The van der Waals surface area contributed by atoms with Crippen LogP contribution in [0.25, 0.3) is 0 Å². The van der Waals surface area contributed by atoms with Crippen molar-refractivity contribution in [2.24, 2.45) is 10.7 Å². The molecule has 5 nitrogen and oxygen atoms in total. The van der Waals surface area contributed by atoms with Gasteiger partial charge in [0, 0.05) is 26.1 Å². The third kappa shape index (κ3) is 6.27. The molecular weight excluding hydrogens is 206 g/mol. The third-order valence-electron chi connectivity index (χ3n) is 2.38. The summed E-state index contributed by atoms with van der Waals surface area (Å²) in [6.45, 7) is 6.49. The standard InChI is InChI=1S/C11H23N3O2/c1-4-14(5-2)11(12)13-9-7-6-8-10(15)16-3/h4-9H2,1-3H3,(H2,12,13). The van der Waals surface area contributed by atoms with Gasteiger partial charge < -0.3 is 15.4 Å². The zero-order chi connectivity index (χ0) is 12.4. The van der Waals surface area contributed by atoms with Crippen molar-refractivity contribution in [2.75, 3.05) is 26.7 Å². The Morgan fingerprint density at radius 1 is 1.31 bits per heavy atom. The van der Waals surface area contributed by atoms with Crippen molar-refractivity contribution in [3.05, 3.63) is 0 Å². The van der Waals surface area contributed by atoms with E-state index in [1.54, 1.807) is 0 Å². The van der Waals surface area contributed by atoms with E-state index in [0.29, 0.717) is 18.9 Å². The molecule has 0 saturated heterocycles. The number of unbranched alkanes of at least 4 members (excludes halogenated alkanes) is 1. The number of rotatable bonds is 7. The lowest BCUT2D eigenvalue weighted by Crippen LogP contribution is -2.37. The Labute approximate surface area is 97.7 Å². The highest BCUT2D eigenvalue weighted by Gasteiger charge is 2.02. The Kier molecular flexibility index (Phi) is 8.29. The largest absolute Gasteiger partial charge is 0.469 e. The number of aliphatic imine (C=N–C) groups is 1. The summed E-state index contributed by atoms with van der Waals surface area (Å²) in [5, 5.41) is 0. The Morgan fingerprint density at radius 2 is 1.94 bits per heavy atom. The van der Waals surface area contributed by atoms with Crippen molar-refractivity contribution >= 4 is 11.9 Å². The van der Waals surface area contributed by atoms with Gasteiger partial charge in [0.1, 0.15) is 0 Å². The molecule has 0 aliphatic carbocycles. The summed E-state index contributed by atoms with van der Waals surface area (Å²) in [6.07, 6.45) is 2.11. The Morgan fingerprint density at radius 3 is 2.44 bits per heavy atom. The molecule has 0 aromatic carbocycles. The molecule has 2 N–H and O–H groups in total. The summed E-state index contributed by atoms with van der Waals surface area (Å²) in [7, 11) is 1.40. The maximum atomic E-state index is 10.8. The van der Waals surface area contributed by atoms with Gasteiger partial charge in [-0.2, -0.15) is 0 Å². The highest BCUT2D eigenvalue weighted by atomic mass is 16.5. The fourth-order valence-corrected chi connectivity index (χ4v) is 1.32. The smallest absolute Gasteiger partial charge is 0.305 e. The van der Waals surface area contributed by atoms with Crippen LogP contribution in [0, 0.1) is 0 Å². The number of nitrogens with two attached hydrogens (primary N) is 1. The van der Waals surface area contributed by atoms with Crippen LogP contribution in [0.2, 0.25) is 0 Å². The summed E-state index contributed by atoms with van der Waals surface area (Å²) in [5.74, 6) is 0.420. The summed E-state index contributed by atoms with van der Waals surface area (Å²) in [6, 6.07) is 0. The zero-order valence-corrected chi connectivity index (χ0v) is 10.5. The number of esters is 1. The van der Waals surface area contributed by atoms with Crippen molar-refractivity contribution in [2.45, 2.75) is 33.1 Å². The molecule has 0 heterocycles. The van der Waals surface area contributed by atoms with Crippen LogP contribution in [0.4, 0.5) is 0 Å². The van der Waals surface area contributed by atoms with Crippen molar-refractivity contribution < 1.29 is 9.53 Å². The van der Waals surface area contributed by atoms with Gasteiger partial charge in [-0.1, -0.05) is 0 Å². The van der Waals surface area contributed by atoms with Crippen LogP contribution in [0.1, 0.15) is 33.1 Å². The quantitative estimate of drug-likeness (QED) is 0.306. The van der Waals surface area contributed by atoms with Gasteiger partial charge in [-0.15, -0.1) is 0 Å². The first kappa shape index (κ1) is 14.7. The number of nitrogens with zero attached hydrogens (tertiary/aromatic N) is 2. The number of guanidine groups is 1. The molecule has 0 aromatic heterocycles. The van der Waals surface area contributed by atoms with E-state index in [4.69, 9.17) is 5.73 Å². The first-order chi connectivity index (χ1) is 7.65. The lowest BCUT2D eigenvalue weighted by atomic mass is 10.2. The van der Waals surface area contributed by atoms with E-state index in [9.17, 15) is 4.79 Å². The van der Waals surface area contributed by atoms with Crippen LogP contribution < -0.4 is 5.73 Å². The molecule has 0 fully saturated rings. The van der Waals surface area contributed by atoms with Crippen molar-refractivity contribution in [1.82, 2.24) is 4.90 Å². The number of ether oxygens (including phenoxy) is 1. The first-order valence-corrected chi connectivity index (χ1v) is 5.77. The predicted octanol–water partition coefficient (Wildman–Crippen LogP) is 0.986. The average Bonchev–Trinajstić information content (AvgIpc) is 2.29. The normalized spacial score (nSPS) is 11.3. The Balaban J connectivity index is 3.70. The molecule has 16 heavy (non-hydrogen) atoms. The monoisotopic (exact) mass is 229 g/mol. The van der Waals surface area contributed by atoms with Gasteiger partial charge in [-0.25, -0.2) is 0 Å². The first-order valence-electron chi connectivity index (χ1n) is 5.77. The zero-order valence-electron chi connectivity index (χ0n) is 10.5. The fraction of sp³-hybridized carbons (Fsp3) is 0.818. The molecule has 0 aliphatic heterocycles. The molecule has 0 spiro atoms. The third-order valence-corrected chi connectivity index (χ3v) is 2.38. The molecule has 0 aromatic rings. The van der Waals surface area contributed by atoms with Crippen molar-refractivity contribution in [3.63, 3.8) is 0 Å². The molecule has 0 amide bonds. The van der Waals surface area contributed by atoms with E-state index >= 15 is 0 Å². The lowest BCUT2D eigenvalue weighted by molar-refractivity contribution is -0.140. The molecule has 0 radical (unpaired) electrons. The van der Waals surface area contributed by atoms with Crippen LogP contribution in [0.3, 0.4) is 0 Å². The second kappa shape index (κ2) is 9.00. The number of hydrogen-bond acceptors (Lipinski definition) is 3. The van der Waals surface area contributed by atoms with Crippen LogP contribution >= 0.6 is 0 Å². The van der Waals surface area contributed by atoms with Crippen molar-refractivity contribution in [3.8, 4) is 0 Å².